The molecule has 0 unspecified atom stereocenters. The van der Waals surface area contributed by atoms with Crippen molar-refractivity contribution in [3.8, 4) is 11.1 Å². The topological polar surface area (TPSA) is 74.6 Å². The van der Waals surface area contributed by atoms with Crippen molar-refractivity contribution in [1.82, 2.24) is 0 Å². The maximum Gasteiger partial charge on any atom is 0.337 e. The van der Waals surface area contributed by atoms with Gasteiger partial charge in [0.1, 0.15) is 0 Å². The molecular weight excluding hydrogens is 352 g/mol. The van der Waals surface area contributed by atoms with Crippen molar-refractivity contribution in [3.63, 3.8) is 0 Å². The minimum absolute atomic E-state index is 0.0917. The van der Waals surface area contributed by atoms with Gasteiger partial charge in [0, 0.05) is 0 Å². The molecule has 2 aromatic rings. The minimum atomic E-state index is -1.24. The van der Waals surface area contributed by atoms with Gasteiger partial charge in [-0.15, -0.1) is 0 Å². The van der Waals surface area contributed by atoms with Crippen LogP contribution in [0.25, 0.3) is 11.1 Å². The van der Waals surface area contributed by atoms with Crippen LogP contribution in [0.15, 0.2) is 36.4 Å². The van der Waals surface area contributed by atoms with Crippen LogP contribution in [0.1, 0.15) is 86.2 Å². The lowest BCUT2D eigenvalue weighted by Crippen LogP contribution is -2.26. The van der Waals surface area contributed by atoms with Crippen LogP contribution in [0.5, 0.6) is 0 Å². The zero-order chi connectivity index (χ0) is 21.3. The SMILES string of the molecule is CCC(C)(C)c1cccc(-c2cccc(C(=O)O)c2C(=O)O)c1C(C)(C)CC. The summed E-state index contributed by atoms with van der Waals surface area (Å²) < 4.78 is 0. The van der Waals surface area contributed by atoms with Gasteiger partial charge < -0.3 is 10.2 Å². The van der Waals surface area contributed by atoms with E-state index in [9.17, 15) is 19.8 Å². The molecule has 2 aromatic carbocycles. The van der Waals surface area contributed by atoms with Gasteiger partial charge in [0.25, 0.3) is 0 Å². The molecule has 0 aliphatic heterocycles. The number of carbonyl (C=O) groups is 2. The van der Waals surface area contributed by atoms with Crippen LogP contribution < -0.4 is 0 Å². The molecule has 150 valence electrons. The fraction of sp³-hybridized carbons (Fsp3) is 0.417. The molecule has 0 aromatic heterocycles. The van der Waals surface area contributed by atoms with Crippen molar-refractivity contribution in [1.29, 1.82) is 0 Å². The lowest BCUT2D eigenvalue weighted by molar-refractivity contribution is 0.0652. The molecule has 2 N–H and O–H groups in total. The van der Waals surface area contributed by atoms with Crippen LogP contribution in [-0.4, -0.2) is 22.2 Å². The number of carboxylic acids is 2. The largest absolute Gasteiger partial charge is 0.478 e. The van der Waals surface area contributed by atoms with Gasteiger partial charge >= 0.3 is 11.9 Å². The van der Waals surface area contributed by atoms with E-state index in [0.717, 1.165) is 24.0 Å². The predicted molar refractivity (Wildman–Crippen MR) is 112 cm³/mol. The highest BCUT2D eigenvalue weighted by molar-refractivity contribution is 6.07. The van der Waals surface area contributed by atoms with Crippen molar-refractivity contribution in [2.24, 2.45) is 0 Å². The van der Waals surface area contributed by atoms with Gasteiger partial charge in [0.05, 0.1) is 11.1 Å². The average molecular weight is 383 g/mol. The molecule has 0 heterocycles. The lowest BCUT2D eigenvalue weighted by Gasteiger charge is -2.36. The highest BCUT2D eigenvalue weighted by Crippen LogP contribution is 2.44. The molecule has 0 radical (unpaired) electrons. The average Bonchev–Trinajstić information content (AvgIpc) is 2.66. The molecule has 0 atom stereocenters. The molecule has 0 fully saturated rings. The number of benzene rings is 2. The molecule has 0 saturated heterocycles. The summed E-state index contributed by atoms with van der Waals surface area (Å²) >= 11 is 0. The summed E-state index contributed by atoms with van der Waals surface area (Å²) in [7, 11) is 0. The standard InChI is InChI=1S/C24H30O4/c1-7-23(3,4)18-14-10-12-16(20(18)24(5,6)8-2)15-11-9-13-17(21(25)26)19(15)22(27)28/h9-14H,7-8H2,1-6H3,(H,25,26)(H,27,28). The Kier molecular flexibility index (Phi) is 6.03. The number of carboxylic acid groups (broad SMARTS) is 2. The molecule has 0 bridgehead atoms. The summed E-state index contributed by atoms with van der Waals surface area (Å²) in [5, 5.41) is 19.3. The number of aromatic carboxylic acids is 2. The third-order valence-corrected chi connectivity index (χ3v) is 6.04. The smallest absolute Gasteiger partial charge is 0.337 e. The van der Waals surface area contributed by atoms with Crippen LogP contribution >= 0.6 is 0 Å². The third kappa shape index (κ3) is 3.82. The van der Waals surface area contributed by atoms with E-state index >= 15 is 0 Å². The van der Waals surface area contributed by atoms with Gasteiger partial charge in [0.15, 0.2) is 0 Å². The second kappa shape index (κ2) is 7.78. The summed E-state index contributed by atoms with van der Waals surface area (Å²) in [6, 6.07) is 10.6. The van der Waals surface area contributed by atoms with E-state index in [-0.39, 0.29) is 22.0 Å². The molecule has 0 spiro atoms. The fourth-order valence-electron chi connectivity index (χ4n) is 3.62. The molecule has 0 saturated carbocycles. The van der Waals surface area contributed by atoms with E-state index in [0.29, 0.717) is 5.56 Å². The normalized spacial score (nSPS) is 12.1. The third-order valence-electron chi connectivity index (χ3n) is 6.04. The maximum atomic E-state index is 12.0. The monoisotopic (exact) mass is 382 g/mol. The van der Waals surface area contributed by atoms with Crippen molar-refractivity contribution >= 4 is 11.9 Å². The zero-order valence-corrected chi connectivity index (χ0v) is 17.6. The molecule has 0 aliphatic carbocycles. The van der Waals surface area contributed by atoms with Crippen LogP contribution in [0.2, 0.25) is 0 Å². The van der Waals surface area contributed by atoms with E-state index in [4.69, 9.17) is 0 Å². The van der Waals surface area contributed by atoms with Crippen molar-refractivity contribution < 1.29 is 19.8 Å². The van der Waals surface area contributed by atoms with E-state index in [1.54, 1.807) is 12.1 Å². The second-order valence-corrected chi connectivity index (χ2v) is 8.54. The first-order valence-electron chi connectivity index (χ1n) is 9.71. The molecule has 4 nitrogen and oxygen atoms in total. The first kappa shape index (κ1) is 21.7. The van der Waals surface area contributed by atoms with Crippen LogP contribution in [-0.2, 0) is 10.8 Å². The molecule has 2 rings (SSSR count). The van der Waals surface area contributed by atoms with Crippen molar-refractivity contribution in [2.75, 3.05) is 0 Å². The maximum absolute atomic E-state index is 12.0. The highest BCUT2D eigenvalue weighted by atomic mass is 16.4. The van der Waals surface area contributed by atoms with E-state index in [1.165, 1.54) is 11.6 Å². The fourth-order valence-corrected chi connectivity index (χ4v) is 3.62. The summed E-state index contributed by atoms with van der Waals surface area (Å²) in [6.07, 6.45) is 1.81. The quantitative estimate of drug-likeness (QED) is 0.604. The molecule has 0 aliphatic rings. The van der Waals surface area contributed by atoms with E-state index in [2.05, 4.69) is 47.6 Å². The second-order valence-electron chi connectivity index (χ2n) is 8.54. The Balaban J connectivity index is 3.00. The number of hydrogen-bond donors (Lipinski definition) is 2. The van der Waals surface area contributed by atoms with Gasteiger partial charge in [-0.3, -0.25) is 0 Å². The Morgan fingerprint density at radius 2 is 1.32 bits per heavy atom. The van der Waals surface area contributed by atoms with Gasteiger partial charge in [-0.2, -0.15) is 0 Å². The van der Waals surface area contributed by atoms with Gasteiger partial charge in [-0.05, 0) is 52.0 Å². The molecule has 0 amide bonds. The number of rotatable bonds is 7. The first-order valence-corrected chi connectivity index (χ1v) is 9.71. The summed E-state index contributed by atoms with van der Waals surface area (Å²) in [6.45, 7) is 12.9. The zero-order valence-electron chi connectivity index (χ0n) is 17.6. The van der Waals surface area contributed by atoms with Crippen molar-refractivity contribution in [2.45, 2.75) is 65.2 Å². The molecular formula is C24H30O4. The minimum Gasteiger partial charge on any atom is -0.478 e. The Morgan fingerprint density at radius 1 is 0.786 bits per heavy atom. The summed E-state index contributed by atoms with van der Waals surface area (Å²) in [5.74, 6) is -2.46. The Hall–Kier alpha value is -2.62. The van der Waals surface area contributed by atoms with Gasteiger partial charge in [0.2, 0.25) is 0 Å². The van der Waals surface area contributed by atoms with Gasteiger partial charge in [-0.25, -0.2) is 9.59 Å². The predicted octanol–water partition coefficient (Wildman–Crippen LogP) is 6.13. The van der Waals surface area contributed by atoms with Gasteiger partial charge in [-0.1, -0.05) is 71.9 Å². The van der Waals surface area contributed by atoms with Crippen LogP contribution in [0, 0.1) is 0 Å². The highest BCUT2D eigenvalue weighted by Gasteiger charge is 2.33. The van der Waals surface area contributed by atoms with Crippen LogP contribution in [0.3, 0.4) is 0 Å². The molecule has 4 heteroatoms. The Labute approximate surface area is 167 Å². The number of hydrogen-bond acceptors (Lipinski definition) is 2. The molecule has 28 heavy (non-hydrogen) atoms. The Morgan fingerprint density at radius 3 is 1.82 bits per heavy atom. The summed E-state index contributed by atoms with van der Waals surface area (Å²) in [5.41, 5.74) is 2.88. The summed E-state index contributed by atoms with van der Waals surface area (Å²) in [4.78, 5) is 23.7. The van der Waals surface area contributed by atoms with E-state index in [1.807, 2.05) is 12.1 Å². The van der Waals surface area contributed by atoms with E-state index < -0.39 is 11.9 Å². The lowest BCUT2D eigenvalue weighted by atomic mass is 9.68. The van der Waals surface area contributed by atoms with Crippen LogP contribution in [0.4, 0.5) is 0 Å². The first-order chi connectivity index (χ1) is 13.0. The Bertz CT molecular complexity index is 907. The van der Waals surface area contributed by atoms with Crippen molar-refractivity contribution in [3.05, 3.63) is 58.7 Å².